The fourth-order valence-electron chi connectivity index (χ4n) is 8.70. The van der Waals surface area contributed by atoms with Crippen LogP contribution in [0.3, 0.4) is 0 Å². The van der Waals surface area contributed by atoms with Crippen LogP contribution in [0.5, 0.6) is 0 Å². The summed E-state index contributed by atoms with van der Waals surface area (Å²) >= 11 is 0. The van der Waals surface area contributed by atoms with Gasteiger partial charge in [0.15, 0.2) is 0 Å². The van der Waals surface area contributed by atoms with Gasteiger partial charge in [0, 0.05) is 25.5 Å². The maximum atomic E-state index is 5.32. The van der Waals surface area contributed by atoms with Crippen molar-refractivity contribution < 1.29 is 20.1 Å². The number of unbranched alkanes of at least 4 members (excludes halogenated alkanes) is 2. The summed E-state index contributed by atoms with van der Waals surface area (Å²) in [5.74, 6) is 0. The van der Waals surface area contributed by atoms with Crippen LogP contribution in [0.25, 0.3) is 55.5 Å². The van der Waals surface area contributed by atoms with Gasteiger partial charge < -0.3 is 0 Å². The molecular weight excluding hydrogens is 783 g/mol. The van der Waals surface area contributed by atoms with Crippen LogP contribution in [0, 0.1) is 6.07 Å². The zero-order chi connectivity index (χ0) is 33.0. The SMILES string of the molecule is CCCCc1cc(CCCC)cc(-c2cc(-c3[c-]cc4c(c3)C3(c5ccccc5-c5ccccc53)c3ccccc3-4)nc3ccccc23)c1.[Ir]. The van der Waals surface area contributed by atoms with Gasteiger partial charge in [-0.1, -0.05) is 153 Å². The van der Waals surface area contributed by atoms with Crippen molar-refractivity contribution in [1.29, 1.82) is 0 Å². The standard InChI is InChI=1S/C48H40N.Ir/c1-3-5-15-32-27-33(16-6-4-2)29-35(28-32)41-31-47(49-46-24-14-10-20-40(41)46)34-25-26-39-38-19-9-13-23-44(38)48(45(39)30-34)42-21-11-7-17-36(42)37-18-8-12-22-43(37)48;/h7-14,17-24,26-31H,3-6,15-16H2,1-2H3;/q-1;. The molecule has 1 radical (unpaired) electrons. The van der Waals surface area contributed by atoms with Crippen molar-refractivity contribution in [3.63, 3.8) is 0 Å². The number of fused-ring (bicyclic) bond motifs is 11. The molecular formula is C48H40IrN-. The third kappa shape index (κ3) is 5.04. The van der Waals surface area contributed by atoms with Crippen LogP contribution in [0.1, 0.15) is 72.9 Å². The van der Waals surface area contributed by atoms with Gasteiger partial charge in [0.05, 0.1) is 10.9 Å². The van der Waals surface area contributed by atoms with Crippen molar-refractivity contribution in [2.45, 2.75) is 57.8 Å². The van der Waals surface area contributed by atoms with Gasteiger partial charge in [0.2, 0.25) is 0 Å². The average Bonchev–Trinajstić information content (AvgIpc) is 3.63. The number of rotatable bonds is 8. The quantitative estimate of drug-likeness (QED) is 0.139. The van der Waals surface area contributed by atoms with Crippen molar-refractivity contribution in [2.75, 3.05) is 0 Å². The van der Waals surface area contributed by atoms with Crippen molar-refractivity contribution in [1.82, 2.24) is 4.98 Å². The Morgan fingerprint density at radius 3 is 1.68 bits per heavy atom. The molecule has 0 fully saturated rings. The second-order valence-corrected chi connectivity index (χ2v) is 13.9. The number of nitrogens with zero attached hydrogens (tertiary/aromatic N) is 1. The number of pyridine rings is 1. The summed E-state index contributed by atoms with van der Waals surface area (Å²) in [7, 11) is 0. The molecule has 0 unspecified atom stereocenters. The summed E-state index contributed by atoms with van der Waals surface area (Å²) < 4.78 is 0. The fraction of sp³-hybridized carbons (Fsp3) is 0.188. The second-order valence-electron chi connectivity index (χ2n) is 13.9. The van der Waals surface area contributed by atoms with Crippen LogP contribution >= 0.6 is 0 Å². The first-order valence-electron chi connectivity index (χ1n) is 18.1. The van der Waals surface area contributed by atoms with E-state index in [1.807, 2.05) is 0 Å². The van der Waals surface area contributed by atoms with E-state index in [-0.39, 0.29) is 25.5 Å². The summed E-state index contributed by atoms with van der Waals surface area (Å²) in [5.41, 5.74) is 18.6. The molecule has 6 aromatic carbocycles. The Morgan fingerprint density at radius 1 is 0.540 bits per heavy atom. The van der Waals surface area contributed by atoms with Gasteiger partial charge in [-0.3, -0.25) is 4.98 Å². The van der Waals surface area contributed by atoms with Gasteiger partial charge in [-0.25, -0.2) is 0 Å². The topological polar surface area (TPSA) is 12.9 Å². The van der Waals surface area contributed by atoms with E-state index in [0.717, 1.165) is 29.6 Å². The van der Waals surface area contributed by atoms with E-state index in [2.05, 4.69) is 153 Å². The predicted molar refractivity (Wildman–Crippen MR) is 205 cm³/mol. The average molecular weight is 823 g/mol. The molecule has 9 rings (SSSR count). The molecule has 2 heteroatoms. The van der Waals surface area contributed by atoms with Gasteiger partial charge in [0.1, 0.15) is 0 Å². The van der Waals surface area contributed by atoms with Crippen LogP contribution in [0.15, 0.2) is 133 Å². The number of hydrogen-bond acceptors (Lipinski definition) is 1. The van der Waals surface area contributed by atoms with Crippen molar-refractivity contribution >= 4 is 10.9 Å². The summed E-state index contributed by atoms with van der Waals surface area (Å²) in [5, 5.41) is 1.20. The Bertz CT molecular complexity index is 2290. The van der Waals surface area contributed by atoms with Crippen molar-refractivity contribution in [3.05, 3.63) is 173 Å². The van der Waals surface area contributed by atoms with Gasteiger partial charge in [-0.15, -0.1) is 29.3 Å². The number of aryl methyl sites for hydroxylation is 2. The van der Waals surface area contributed by atoms with E-state index in [1.54, 1.807) is 0 Å². The molecule has 7 aromatic rings. The van der Waals surface area contributed by atoms with Crippen molar-refractivity contribution in [2.24, 2.45) is 0 Å². The molecule has 2 aliphatic rings. The normalized spacial score (nSPS) is 13.1. The number of aromatic nitrogens is 1. The minimum atomic E-state index is -0.384. The van der Waals surface area contributed by atoms with E-state index in [9.17, 15) is 0 Å². The van der Waals surface area contributed by atoms with Gasteiger partial charge >= 0.3 is 0 Å². The third-order valence-corrected chi connectivity index (χ3v) is 10.9. The first-order valence-corrected chi connectivity index (χ1v) is 18.1. The number of para-hydroxylation sites is 1. The Morgan fingerprint density at radius 2 is 1.08 bits per heavy atom. The van der Waals surface area contributed by atoms with Crippen molar-refractivity contribution in [3.8, 4) is 44.6 Å². The minimum Gasteiger partial charge on any atom is -0.296 e. The van der Waals surface area contributed by atoms with Crippen LogP contribution in [-0.2, 0) is 38.4 Å². The zero-order valence-corrected chi connectivity index (χ0v) is 31.1. The van der Waals surface area contributed by atoms with Crippen LogP contribution in [-0.4, -0.2) is 4.98 Å². The van der Waals surface area contributed by atoms with E-state index in [1.165, 1.54) is 97.8 Å². The van der Waals surface area contributed by atoms with E-state index in [0.29, 0.717) is 0 Å². The fourth-order valence-corrected chi connectivity index (χ4v) is 8.70. The van der Waals surface area contributed by atoms with Gasteiger partial charge in [-0.05, 0) is 87.5 Å². The Labute approximate surface area is 309 Å². The molecule has 0 atom stereocenters. The molecule has 247 valence electrons. The third-order valence-electron chi connectivity index (χ3n) is 10.9. The molecule has 2 aliphatic carbocycles. The van der Waals surface area contributed by atoms with Gasteiger partial charge in [-0.2, -0.15) is 0 Å². The van der Waals surface area contributed by atoms with E-state index in [4.69, 9.17) is 4.98 Å². The molecule has 0 saturated carbocycles. The molecule has 0 saturated heterocycles. The van der Waals surface area contributed by atoms with E-state index >= 15 is 0 Å². The maximum absolute atomic E-state index is 5.32. The van der Waals surface area contributed by atoms with Crippen LogP contribution < -0.4 is 0 Å². The molecule has 1 aromatic heterocycles. The molecule has 1 heterocycles. The second kappa shape index (κ2) is 13.3. The molecule has 0 N–H and O–H groups in total. The summed E-state index contributed by atoms with van der Waals surface area (Å²) in [4.78, 5) is 5.32. The molecule has 1 spiro atoms. The minimum absolute atomic E-state index is 0. The molecule has 1 nitrogen and oxygen atoms in total. The Hall–Kier alpha value is -4.62. The number of hydrogen-bond donors (Lipinski definition) is 0. The molecule has 0 aliphatic heterocycles. The van der Waals surface area contributed by atoms with Gasteiger partial charge in [0.25, 0.3) is 0 Å². The summed E-state index contributed by atoms with van der Waals surface area (Å²) in [6.07, 6.45) is 7.04. The zero-order valence-electron chi connectivity index (χ0n) is 28.7. The first-order chi connectivity index (χ1) is 24.2. The number of benzene rings is 6. The predicted octanol–water partition coefficient (Wildman–Crippen LogP) is 12.4. The van der Waals surface area contributed by atoms with Crippen LogP contribution in [0.4, 0.5) is 0 Å². The summed E-state index contributed by atoms with van der Waals surface area (Å²) in [6, 6.07) is 53.6. The smallest absolute Gasteiger partial charge is 0.0601 e. The first kappa shape index (κ1) is 32.6. The summed E-state index contributed by atoms with van der Waals surface area (Å²) in [6.45, 7) is 4.56. The molecule has 0 amide bonds. The maximum Gasteiger partial charge on any atom is 0.0601 e. The van der Waals surface area contributed by atoms with E-state index < -0.39 is 0 Å². The van der Waals surface area contributed by atoms with Crippen LogP contribution in [0.2, 0.25) is 0 Å². The molecule has 0 bridgehead atoms. The Kier molecular flexibility index (Phi) is 8.63. The monoisotopic (exact) mass is 823 g/mol. The molecule has 50 heavy (non-hydrogen) atoms. The Balaban J connectivity index is 0.00000361. The largest absolute Gasteiger partial charge is 0.296 e.